The van der Waals surface area contributed by atoms with Gasteiger partial charge in [0.05, 0.1) is 25.3 Å². The Hall–Kier alpha value is -2.86. The fourth-order valence-corrected chi connectivity index (χ4v) is 5.42. The lowest BCUT2D eigenvalue weighted by atomic mass is 10.0. The smallest absolute Gasteiger partial charge is 0.318 e. The summed E-state index contributed by atoms with van der Waals surface area (Å²) in [7, 11) is -1.22. The molecule has 0 spiro atoms. The Balaban J connectivity index is 2.01. The van der Waals surface area contributed by atoms with Crippen LogP contribution in [0.5, 0.6) is 5.75 Å². The summed E-state index contributed by atoms with van der Waals surface area (Å²) >= 11 is 0. The lowest BCUT2D eigenvalue weighted by Gasteiger charge is -2.18. The number of sulfonamides is 1. The molecule has 0 saturated carbocycles. The average molecular weight is 498 g/mol. The molecule has 1 heterocycles. The van der Waals surface area contributed by atoms with E-state index in [2.05, 4.69) is 20.3 Å². The van der Waals surface area contributed by atoms with Crippen LogP contribution in [0.15, 0.2) is 16.0 Å². The third-order valence-corrected chi connectivity index (χ3v) is 7.46. The molecule has 2 rings (SSSR count). The summed E-state index contributed by atoms with van der Waals surface area (Å²) < 4.78 is 38.2. The van der Waals surface area contributed by atoms with Crippen LogP contribution in [0.4, 0.5) is 0 Å². The number of aryl methyl sites for hydroxylation is 1. The lowest BCUT2D eigenvalue weighted by Crippen LogP contribution is -2.46. The molecule has 1 aliphatic heterocycles. The Morgan fingerprint density at radius 3 is 2.56 bits per heavy atom. The highest BCUT2D eigenvalue weighted by atomic mass is 32.2. The number of benzene rings is 1. The molecule has 0 bridgehead atoms. The van der Waals surface area contributed by atoms with E-state index in [0.29, 0.717) is 28.9 Å². The van der Waals surface area contributed by atoms with Crippen molar-refractivity contribution in [3.63, 3.8) is 0 Å². The number of aliphatic imine (C=N–C) groups is 1. The molecule has 0 unspecified atom stereocenters. The molecule has 1 aromatic carbocycles. The van der Waals surface area contributed by atoms with Crippen molar-refractivity contribution in [1.29, 1.82) is 0 Å². The molecule has 1 amide bonds. The number of carbonyl (C=O) groups excluding carboxylic acids is 2. The Bertz CT molecular complexity index is 1030. The van der Waals surface area contributed by atoms with Gasteiger partial charge in [0.1, 0.15) is 11.7 Å². The average Bonchev–Trinajstić information content (AvgIpc) is 3.28. The van der Waals surface area contributed by atoms with Gasteiger partial charge in [-0.25, -0.2) is 13.1 Å². The Morgan fingerprint density at radius 2 is 1.97 bits per heavy atom. The fourth-order valence-electron chi connectivity index (χ4n) is 3.94. The molecule has 190 valence electrons. The number of amides is 1. The van der Waals surface area contributed by atoms with Crippen LogP contribution in [0.3, 0.4) is 0 Å². The van der Waals surface area contributed by atoms with E-state index in [9.17, 15) is 18.0 Å². The maximum Gasteiger partial charge on any atom is 0.318 e. The molecule has 1 aliphatic rings. The topological polar surface area (TPSA) is 161 Å². The zero-order chi connectivity index (χ0) is 25.5. The van der Waals surface area contributed by atoms with Crippen LogP contribution in [0.2, 0.25) is 0 Å². The van der Waals surface area contributed by atoms with E-state index in [-0.39, 0.29) is 30.0 Å². The standard InChI is InChI=1S/C22H35N5O6S/c1-13-12-17(32-4)14(2)15(3)19(13)34(30,31)27-22(23)25-11-6-8-16(21(29)33-5)20(28)26-18-9-7-10-24-18/h12,16,18,24H,6-11H2,1-5H3,(H,26,28)(H3,23,25,27)/t16-,18-/m0/s1. The molecule has 12 heteroatoms. The number of nitrogens with zero attached hydrogens (tertiary/aromatic N) is 1. The third kappa shape index (κ3) is 6.83. The van der Waals surface area contributed by atoms with E-state index in [1.165, 1.54) is 14.2 Å². The second-order valence-corrected chi connectivity index (χ2v) is 9.84. The summed E-state index contributed by atoms with van der Waals surface area (Å²) in [5.74, 6) is -1.70. The zero-order valence-corrected chi connectivity index (χ0v) is 21.2. The highest BCUT2D eigenvalue weighted by Gasteiger charge is 2.29. The number of guanidine groups is 1. The third-order valence-electron chi connectivity index (χ3n) is 5.82. The fraction of sp³-hybridized carbons (Fsp3) is 0.591. The van der Waals surface area contributed by atoms with Crippen LogP contribution in [0, 0.1) is 26.7 Å². The van der Waals surface area contributed by atoms with Gasteiger partial charge in [-0.1, -0.05) is 0 Å². The SMILES string of the molecule is COC(=O)[C@@H](CCCN=C(N)NS(=O)(=O)c1c(C)cc(OC)c(C)c1C)C(=O)N[C@H]1CCCN1. The minimum atomic E-state index is -3.97. The van der Waals surface area contributed by atoms with Gasteiger partial charge in [0.2, 0.25) is 11.9 Å². The number of ether oxygens (including phenoxy) is 2. The first-order valence-electron chi connectivity index (χ1n) is 11.1. The Kier molecular flexibility index (Phi) is 9.68. The van der Waals surface area contributed by atoms with E-state index in [0.717, 1.165) is 19.4 Å². The van der Waals surface area contributed by atoms with Gasteiger partial charge in [-0.05, 0) is 75.8 Å². The van der Waals surface area contributed by atoms with Gasteiger partial charge >= 0.3 is 5.97 Å². The van der Waals surface area contributed by atoms with Crippen molar-refractivity contribution in [2.75, 3.05) is 27.3 Å². The molecule has 1 fully saturated rings. The first-order valence-corrected chi connectivity index (χ1v) is 12.6. The molecule has 0 aliphatic carbocycles. The summed E-state index contributed by atoms with van der Waals surface area (Å²) in [6, 6.07) is 1.66. The molecule has 5 N–H and O–H groups in total. The summed E-state index contributed by atoms with van der Waals surface area (Å²) in [5, 5.41) is 5.94. The van der Waals surface area contributed by atoms with Gasteiger partial charge in [-0.2, -0.15) is 0 Å². The molecule has 0 aromatic heterocycles. The van der Waals surface area contributed by atoms with Crippen molar-refractivity contribution in [1.82, 2.24) is 15.4 Å². The van der Waals surface area contributed by atoms with E-state index in [1.54, 1.807) is 26.8 Å². The van der Waals surface area contributed by atoms with Crippen molar-refractivity contribution >= 4 is 27.9 Å². The second kappa shape index (κ2) is 12.0. The van der Waals surface area contributed by atoms with E-state index < -0.39 is 27.8 Å². The molecule has 1 saturated heterocycles. The predicted octanol–water partition coefficient (Wildman–Crippen LogP) is 0.609. The van der Waals surface area contributed by atoms with Crippen LogP contribution in [0.1, 0.15) is 42.4 Å². The summed E-state index contributed by atoms with van der Waals surface area (Å²) in [5.41, 5.74) is 7.60. The molecule has 11 nitrogen and oxygen atoms in total. The maximum atomic E-state index is 12.9. The van der Waals surface area contributed by atoms with Crippen molar-refractivity contribution in [2.24, 2.45) is 16.6 Å². The number of nitrogens with one attached hydrogen (secondary N) is 3. The molecule has 1 aromatic rings. The van der Waals surface area contributed by atoms with E-state index in [1.807, 2.05) is 0 Å². The normalized spacial score (nSPS) is 17.2. The van der Waals surface area contributed by atoms with Crippen LogP contribution in [0.25, 0.3) is 0 Å². The van der Waals surface area contributed by atoms with Crippen molar-refractivity contribution < 1.29 is 27.5 Å². The molecule has 34 heavy (non-hydrogen) atoms. The molecule has 2 atom stereocenters. The van der Waals surface area contributed by atoms with Crippen LogP contribution in [-0.2, 0) is 24.3 Å². The van der Waals surface area contributed by atoms with Gasteiger partial charge in [0.25, 0.3) is 10.0 Å². The van der Waals surface area contributed by atoms with Gasteiger partial charge in [-0.15, -0.1) is 0 Å². The van der Waals surface area contributed by atoms with Crippen molar-refractivity contribution in [3.05, 3.63) is 22.8 Å². The second-order valence-electron chi connectivity index (χ2n) is 8.22. The van der Waals surface area contributed by atoms with Gasteiger partial charge in [0.15, 0.2) is 0 Å². The molecule has 0 radical (unpaired) electrons. The first-order chi connectivity index (χ1) is 16.0. The Labute approximate surface area is 200 Å². The minimum absolute atomic E-state index is 0.117. The molecular weight excluding hydrogens is 462 g/mol. The lowest BCUT2D eigenvalue weighted by molar-refractivity contribution is -0.150. The van der Waals surface area contributed by atoms with E-state index in [4.69, 9.17) is 15.2 Å². The molecular formula is C22H35N5O6S. The highest BCUT2D eigenvalue weighted by Crippen LogP contribution is 2.30. The maximum absolute atomic E-state index is 12.9. The van der Waals surface area contributed by atoms with Crippen LogP contribution < -0.4 is 25.8 Å². The highest BCUT2D eigenvalue weighted by molar-refractivity contribution is 7.90. The van der Waals surface area contributed by atoms with E-state index >= 15 is 0 Å². The number of esters is 1. The van der Waals surface area contributed by atoms with Gasteiger partial charge in [0, 0.05) is 6.54 Å². The summed E-state index contributed by atoms with van der Waals surface area (Å²) in [4.78, 5) is 28.7. The number of hydrogen-bond donors (Lipinski definition) is 4. The largest absolute Gasteiger partial charge is 0.496 e. The minimum Gasteiger partial charge on any atom is -0.496 e. The number of hydrogen-bond acceptors (Lipinski definition) is 8. The number of methoxy groups -OCH3 is 2. The summed E-state index contributed by atoms with van der Waals surface area (Å²) in [6.07, 6.45) is 2.11. The summed E-state index contributed by atoms with van der Waals surface area (Å²) in [6.45, 7) is 6.09. The zero-order valence-electron chi connectivity index (χ0n) is 20.4. The number of nitrogens with two attached hydrogens (primary N) is 1. The number of rotatable bonds is 10. The van der Waals surface area contributed by atoms with Crippen molar-refractivity contribution in [2.45, 2.75) is 57.5 Å². The van der Waals surface area contributed by atoms with Crippen LogP contribution >= 0.6 is 0 Å². The van der Waals surface area contributed by atoms with Gasteiger partial charge < -0.3 is 20.5 Å². The van der Waals surface area contributed by atoms with Crippen LogP contribution in [-0.4, -0.2) is 59.7 Å². The quantitative estimate of drug-likeness (QED) is 0.120. The van der Waals surface area contributed by atoms with Crippen molar-refractivity contribution in [3.8, 4) is 5.75 Å². The predicted molar refractivity (Wildman–Crippen MR) is 128 cm³/mol. The number of carbonyl (C=O) groups is 2. The Morgan fingerprint density at radius 1 is 1.26 bits per heavy atom. The monoisotopic (exact) mass is 497 g/mol. The first kappa shape index (κ1) is 27.4. The van der Waals surface area contributed by atoms with Gasteiger partial charge in [-0.3, -0.25) is 19.9 Å².